The van der Waals surface area contributed by atoms with Gasteiger partial charge in [-0.2, -0.15) is 0 Å². The van der Waals surface area contributed by atoms with Crippen molar-refractivity contribution < 1.29 is 13.9 Å². The van der Waals surface area contributed by atoms with Gasteiger partial charge in [0.1, 0.15) is 11.6 Å². The number of carbonyl (C=O) groups is 1. The summed E-state index contributed by atoms with van der Waals surface area (Å²) in [6.07, 6.45) is 0. The number of carbonyl (C=O) groups excluding carboxylic acids is 1. The van der Waals surface area contributed by atoms with Crippen LogP contribution >= 0.6 is 15.9 Å². The second-order valence-electron chi connectivity index (χ2n) is 3.97. The lowest BCUT2D eigenvalue weighted by molar-refractivity contribution is 0.262. The highest BCUT2D eigenvalue weighted by Gasteiger charge is 2.05. The zero-order chi connectivity index (χ0) is 14.5. The van der Waals surface area contributed by atoms with E-state index < -0.39 is 11.8 Å². The van der Waals surface area contributed by atoms with Gasteiger partial charge in [0.15, 0.2) is 0 Å². The molecule has 2 rings (SSSR count). The van der Waals surface area contributed by atoms with Crippen LogP contribution in [0.1, 0.15) is 0 Å². The maximum absolute atomic E-state index is 13.0. The van der Waals surface area contributed by atoms with Gasteiger partial charge >= 0.3 is 6.03 Å². The van der Waals surface area contributed by atoms with Crippen LogP contribution in [0.5, 0.6) is 5.75 Å². The Kier molecular flexibility index (Phi) is 4.57. The number of halogens is 2. The molecule has 2 N–H and O–H groups in total. The number of ether oxygens (including phenoxy) is 1. The molecule has 0 heterocycles. The van der Waals surface area contributed by atoms with Crippen molar-refractivity contribution in [3.8, 4) is 5.75 Å². The van der Waals surface area contributed by atoms with Crippen molar-refractivity contribution in [1.82, 2.24) is 0 Å². The fourth-order valence-corrected chi connectivity index (χ4v) is 2.08. The number of hydrogen-bond donors (Lipinski definition) is 2. The molecule has 0 saturated carbocycles. The van der Waals surface area contributed by atoms with E-state index >= 15 is 0 Å². The fourth-order valence-electron chi connectivity index (χ4n) is 1.61. The summed E-state index contributed by atoms with van der Waals surface area (Å²) in [6.45, 7) is 0. The third kappa shape index (κ3) is 3.96. The van der Waals surface area contributed by atoms with Crippen LogP contribution in [0.3, 0.4) is 0 Å². The van der Waals surface area contributed by atoms with Crippen molar-refractivity contribution in [2.45, 2.75) is 0 Å². The lowest BCUT2D eigenvalue weighted by atomic mass is 10.3. The monoisotopic (exact) mass is 338 g/mol. The molecule has 0 aromatic heterocycles. The highest BCUT2D eigenvalue weighted by molar-refractivity contribution is 9.10. The number of urea groups is 1. The van der Waals surface area contributed by atoms with Crippen molar-refractivity contribution in [3.63, 3.8) is 0 Å². The van der Waals surface area contributed by atoms with Crippen LogP contribution in [0.15, 0.2) is 46.9 Å². The minimum Gasteiger partial charge on any atom is -0.497 e. The van der Waals surface area contributed by atoms with Crippen molar-refractivity contribution in [2.24, 2.45) is 0 Å². The van der Waals surface area contributed by atoms with Crippen LogP contribution in [0.4, 0.5) is 20.6 Å². The minimum atomic E-state index is -0.462. The largest absolute Gasteiger partial charge is 0.497 e. The van der Waals surface area contributed by atoms with Gasteiger partial charge in [0.05, 0.1) is 7.11 Å². The smallest absolute Gasteiger partial charge is 0.323 e. The average Bonchev–Trinajstić information content (AvgIpc) is 2.37. The number of anilines is 2. The van der Waals surface area contributed by atoms with E-state index in [4.69, 9.17) is 4.74 Å². The highest BCUT2D eigenvalue weighted by Crippen LogP contribution is 2.24. The number of hydrogen-bond acceptors (Lipinski definition) is 2. The third-order valence-corrected chi connectivity index (χ3v) is 2.91. The van der Waals surface area contributed by atoms with Gasteiger partial charge in [0, 0.05) is 21.9 Å². The van der Waals surface area contributed by atoms with Gasteiger partial charge in [0.25, 0.3) is 0 Å². The Labute approximate surface area is 124 Å². The number of methoxy groups -OCH3 is 1. The molecule has 4 nitrogen and oxygen atoms in total. The van der Waals surface area contributed by atoms with Gasteiger partial charge in [-0.15, -0.1) is 0 Å². The number of benzene rings is 2. The molecule has 0 aliphatic carbocycles. The lowest BCUT2D eigenvalue weighted by Crippen LogP contribution is -2.19. The first-order valence-corrected chi connectivity index (χ1v) is 6.54. The Hall–Kier alpha value is -2.08. The molecule has 0 aliphatic rings. The summed E-state index contributed by atoms with van der Waals surface area (Å²) in [5, 5.41) is 5.18. The summed E-state index contributed by atoms with van der Waals surface area (Å²) in [6, 6.07) is 10.4. The molecule has 2 amide bonds. The molecule has 0 bridgehead atoms. The molecule has 0 aliphatic heterocycles. The van der Waals surface area contributed by atoms with E-state index in [0.29, 0.717) is 17.1 Å². The van der Waals surface area contributed by atoms with Crippen LogP contribution in [-0.2, 0) is 0 Å². The van der Waals surface area contributed by atoms with Gasteiger partial charge in [-0.3, -0.25) is 0 Å². The van der Waals surface area contributed by atoms with Gasteiger partial charge < -0.3 is 15.4 Å². The van der Waals surface area contributed by atoms with Crippen LogP contribution < -0.4 is 15.4 Å². The predicted octanol–water partition coefficient (Wildman–Crippen LogP) is 4.24. The van der Waals surface area contributed by atoms with E-state index in [0.717, 1.165) is 4.47 Å². The molecule has 0 radical (unpaired) electrons. The molecule has 2 aromatic rings. The topological polar surface area (TPSA) is 50.4 Å². The molecular weight excluding hydrogens is 327 g/mol. The van der Waals surface area contributed by atoms with Crippen molar-refractivity contribution in [2.75, 3.05) is 17.7 Å². The first kappa shape index (κ1) is 14.3. The lowest BCUT2D eigenvalue weighted by Gasteiger charge is -2.09. The number of rotatable bonds is 3. The maximum Gasteiger partial charge on any atom is 0.323 e. The van der Waals surface area contributed by atoms with E-state index in [2.05, 4.69) is 26.6 Å². The summed E-state index contributed by atoms with van der Waals surface area (Å²) >= 11 is 3.32. The van der Waals surface area contributed by atoms with Crippen LogP contribution in [0.25, 0.3) is 0 Å². The van der Waals surface area contributed by atoms with Crippen molar-refractivity contribution in [3.05, 3.63) is 52.8 Å². The Bertz CT molecular complexity index is 634. The Morgan fingerprint density at radius 1 is 1.15 bits per heavy atom. The molecule has 0 spiro atoms. The van der Waals surface area contributed by atoms with Crippen molar-refractivity contribution >= 4 is 33.3 Å². The number of amides is 2. The molecule has 0 saturated heterocycles. The summed E-state index contributed by atoms with van der Waals surface area (Å²) in [5.74, 6) is 0.201. The van der Waals surface area contributed by atoms with Gasteiger partial charge in [-0.05, 0) is 30.3 Å². The maximum atomic E-state index is 13.0. The van der Waals surface area contributed by atoms with Gasteiger partial charge in [-0.25, -0.2) is 9.18 Å². The number of nitrogens with one attached hydrogen (secondary N) is 2. The van der Waals surface area contributed by atoms with E-state index in [1.54, 1.807) is 31.4 Å². The molecule has 0 unspecified atom stereocenters. The van der Waals surface area contributed by atoms with Crippen LogP contribution in [0, 0.1) is 5.82 Å². The summed E-state index contributed by atoms with van der Waals surface area (Å²) in [5.41, 5.74) is 0.939. The van der Waals surface area contributed by atoms with E-state index in [9.17, 15) is 9.18 Å². The summed E-state index contributed by atoms with van der Waals surface area (Å²) < 4.78 is 18.9. The van der Waals surface area contributed by atoms with Crippen LogP contribution in [-0.4, -0.2) is 13.1 Å². The van der Waals surface area contributed by atoms with E-state index in [1.807, 2.05) is 0 Å². The third-order valence-electron chi connectivity index (χ3n) is 2.45. The first-order valence-electron chi connectivity index (χ1n) is 5.75. The first-order chi connectivity index (χ1) is 9.56. The van der Waals surface area contributed by atoms with Gasteiger partial charge in [-0.1, -0.05) is 22.0 Å². The van der Waals surface area contributed by atoms with E-state index in [-0.39, 0.29) is 0 Å². The highest BCUT2D eigenvalue weighted by atomic mass is 79.9. The fraction of sp³-hybridized carbons (Fsp3) is 0.0714. The van der Waals surface area contributed by atoms with Crippen molar-refractivity contribution in [1.29, 1.82) is 0 Å². The zero-order valence-electron chi connectivity index (χ0n) is 10.6. The quantitative estimate of drug-likeness (QED) is 0.879. The van der Waals surface area contributed by atoms with Crippen LogP contribution in [0.2, 0.25) is 0 Å². The summed E-state index contributed by atoms with van der Waals surface area (Å²) in [4.78, 5) is 11.8. The normalized spacial score (nSPS) is 9.95. The van der Waals surface area contributed by atoms with Gasteiger partial charge in [0.2, 0.25) is 0 Å². The predicted molar refractivity (Wildman–Crippen MR) is 79.7 cm³/mol. The summed E-state index contributed by atoms with van der Waals surface area (Å²) in [7, 11) is 1.54. The Morgan fingerprint density at radius 3 is 2.60 bits per heavy atom. The molecule has 0 fully saturated rings. The molecule has 2 aromatic carbocycles. The molecule has 20 heavy (non-hydrogen) atoms. The standard InChI is InChI=1S/C14H12BrFN2O2/c1-20-13-6-9(15)5-12(8-13)18-14(19)17-11-4-2-3-10(16)7-11/h2-8H,1H3,(H2,17,18,19). The molecular formula is C14H12BrFN2O2. The zero-order valence-corrected chi connectivity index (χ0v) is 12.2. The minimum absolute atomic E-state index is 0.379. The second-order valence-corrected chi connectivity index (χ2v) is 4.88. The van der Waals surface area contributed by atoms with E-state index in [1.165, 1.54) is 18.2 Å². The Morgan fingerprint density at radius 2 is 1.90 bits per heavy atom. The molecule has 0 atom stereocenters. The average molecular weight is 339 g/mol. The Balaban J connectivity index is 2.06. The second kappa shape index (κ2) is 6.38. The SMILES string of the molecule is COc1cc(Br)cc(NC(=O)Nc2cccc(F)c2)c1. The molecule has 6 heteroatoms. The molecule has 104 valence electrons.